The van der Waals surface area contributed by atoms with Crippen molar-refractivity contribution >= 4 is 23.9 Å². The Balaban J connectivity index is 1.99. The third kappa shape index (κ3) is 2.65. The van der Waals surface area contributed by atoms with E-state index in [0.29, 0.717) is 15.0 Å². The normalized spacial score (nSPS) is 15.7. The number of rotatable bonds is 2. The van der Waals surface area contributed by atoms with Crippen molar-refractivity contribution < 1.29 is 0 Å². The molecule has 0 spiro atoms. The first-order valence-corrected chi connectivity index (χ1v) is 8.65. The average molecular weight is 325 g/mol. The van der Waals surface area contributed by atoms with Gasteiger partial charge < -0.3 is 0 Å². The van der Waals surface area contributed by atoms with Gasteiger partial charge in [-0.25, -0.2) is 0 Å². The summed E-state index contributed by atoms with van der Waals surface area (Å²) in [5.41, 5.74) is 5.86. The fraction of sp³-hybridized carbons (Fsp3) is 0.158. The molecule has 0 fully saturated rings. The minimum atomic E-state index is 0.398. The molecule has 3 rings (SSSR count). The summed E-state index contributed by atoms with van der Waals surface area (Å²) in [4.78, 5) is 0. The molecule has 0 bridgehead atoms. The molecule has 0 saturated carbocycles. The summed E-state index contributed by atoms with van der Waals surface area (Å²) < 4.78 is 3.12. The molecule has 2 aromatic carbocycles. The molecular formula is C19H18Se. The van der Waals surface area contributed by atoms with E-state index in [-0.39, 0.29) is 0 Å². The summed E-state index contributed by atoms with van der Waals surface area (Å²) >= 11 is 0.398. The van der Waals surface area contributed by atoms with Gasteiger partial charge in [-0.3, -0.25) is 0 Å². The van der Waals surface area contributed by atoms with E-state index in [4.69, 9.17) is 0 Å². The monoisotopic (exact) mass is 326 g/mol. The van der Waals surface area contributed by atoms with Crippen LogP contribution in [0.15, 0.2) is 71.8 Å². The van der Waals surface area contributed by atoms with Gasteiger partial charge in [0.15, 0.2) is 0 Å². The van der Waals surface area contributed by atoms with Gasteiger partial charge in [0.2, 0.25) is 0 Å². The second-order valence-electron chi connectivity index (χ2n) is 5.23. The van der Waals surface area contributed by atoms with Gasteiger partial charge in [-0.2, -0.15) is 0 Å². The van der Waals surface area contributed by atoms with Crippen LogP contribution < -0.4 is 0 Å². The fourth-order valence-corrected chi connectivity index (χ4v) is 5.15. The molecule has 1 heteroatoms. The van der Waals surface area contributed by atoms with E-state index in [1.165, 1.54) is 22.3 Å². The Morgan fingerprint density at radius 1 is 0.650 bits per heavy atom. The van der Waals surface area contributed by atoms with Gasteiger partial charge >= 0.3 is 127 Å². The summed E-state index contributed by atoms with van der Waals surface area (Å²) in [6.07, 6.45) is 1.11. The van der Waals surface area contributed by atoms with Crippen LogP contribution in [-0.2, 0) is 0 Å². The third-order valence-corrected chi connectivity index (χ3v) is 6.89. The predicted octanol–water partition coefficient (Wildman–Crippen LogP) is 4.96. The van der Waals surface area contributed by atoms with E-state index in [9.17, 15) is 0 Å². The van der Waals surface area contributed by atoms with Crippen LogP contribution >= 0.6 is 0 Å². The Hall–Kier alpha value is -1.56. The molecule has 0 nitrogen and oxygen atoms in total. The summed E-state index contributed by atoms with van der Waals surface area (Å²) in [7, 11) is 0. The minimum absolute atomic E-state index is 0.398. The number of hydrogen-bond acceptors (Lipinski definition) is 0. The van der Waals surface area contributed by atoms with Crippen molar-refractivity contribution in [3.8, 4) is 0 Å². The molecule has 0 atom stereocenters. The van der Waals surface area contributed by atoms with Crippen molar-refractivity contribution in [2.45, 2.75) is 20.3 Å². The molecule has 0 saturated heterocycles. The van der Waals surface area contributed by atoms with Crippen LogP contribution in [0.4, 0.5) is 0 Å². The third-order valence-electron chi connectivity index (χ3n) is 3.58. The topological polar surface area (TPSA) is 0 Å². The van der Waals surface area contributed by atoms with Gasteiger partial charge in [0.05, 0.1) is 0 Å². The van der Waals surface area contributed by atoms with Crippen molar-refractivity contribution in [1.82, 2.24) is 0 Å². The van der Waals surface area contributed by atoms with E-state index >= 15 is 0 Å². The predicted molar refractivity (Wildman–Crippen MR) is 88.4 cm³/mol. The van der Waals surface area contributed by atoms with Crippen molar-refractivity contribution in [2.24, 2.45) is 0 Å². The summed E-state index contributed by atoms with van der Waals surface area (Å²) in [5, 5.41) is 0. The molecule has 1 aliphatic heterocycles. The molecular weight excluding hydrogens is 307 g/mol. The van der Waals surface area contributed by atoms with E-state index in [1.54, 1.807) is 8.94 Å². The van der Waals surface area contributed by atoms with Crippen LogP contribution in [-0.4, -0.2) is 15.0 Å². The van der Waals surface area contributed by atoms with Gasteiger partial charge in [-0.05, 0) is 0 Å². The zero-order chi connectivity index (χ0) is 13.9. The number of allylic oxidation sites excluding steroid dienone is 2. The molecule has 0 N–H and O–H groups in total. The second kappa shape index (κ2) is 5.83. The van der Waals surface area contributed by atoms with Crippen LogP contribution in [0.5, 0.6) is 0 Å². The van der Waals surface area contributed by atoms with Gasteiger partial charge in [-0.15, -0.1) is 0 Å². The molecule has 2 aromatic rings. The van der Waals surface area contributed by atoms with Gasteiger partial charge in [0.25, 0.3) is 0 Å². The van der Waals surface area contributed by atoms with E-state index < -0.39 is 0 Å². The zero-order valence-corrected chi connectivity index (χ0v) is 13.6. The first-order valence-electron chi connectivity index (χ1n) is 6.94. The van der Waals surface area contributed by atoms with Crippen molar-refractivity contribution in [2.75, 3.05) is 0 Å². The molecule has 20 heavy (non-hydrogen) atoms. The van der Waals surface area contributed by atoms with Crippen LogP contribution in [0.2, 0.25) is 0 Å². The molecule has 0 unspecified atom stereocenters. The SMILES string of the molecule is CC1=C(c2ccccc2)[Se]C(c2ccccc2)=C(C)C1. The summed E-state index contributed by atoms with van der Waals surface area (Å²) in [6, 6.07) is 21.7. The average Bonchev–Trinajstić information content (AvgIpc) is 2.49. The fourth-order valence-electron chi connectivity index (χ4n) is 2.62. The quantitative estimate of drug-likeness (QED) is 0.685. The Labute approximate surface area is 127 Å². The zero-order valence-electron chi connectivity index (χ0n) is 11.9. The van der Waals surface area contributed by atoms with Gasteiger partial charge in [0.1, 0.15) is 0 Å². The summed E-state index contributed by atoms with van der Waals surface area (Å²) in [6.45, 7) is 4.57. The molecule has 1 aliphatic rings. The molecule has 0 aromatic heterocycles. The van der Waals surface area contributed by atoms with E-state index in [0.717, 1.165) is 6.42 Å². The Kier molecular flexibility index (Phi) is 3.91. The number of benzene rings is 2. The maximum absolute atomic E-state index is 2.29. The Morgan fingerprint density at radius 3 is 1.45 bits per heavy atom. The molecule has 0 radical (unpaired) electrons. The van der Waals surface area contributed by atoms with Crippen LogP contribution in [0.25, 0.3) is 8.94 Å². The van der Waals surface area contributed by atoms with Crippen LogP contribution in [0.3, 0.4) is 0 Å². The van der Waals surface area contributed by atoms with Crippen molar-refractivity contribution in [1.29, 1.82) is 0 Å². The molecule has 0 aliphatic carbocycles. The first kappa shape index (κ1) is 13.4. The standard InChI is InChI=1S/C19H18Se/c1-14-13-15(2)19(17-11-7-4-8-12-17)20-18(14)16-9-5-3-6-10-16/h3-12H,13H2,1-2H3. The van der Waals surface area contributed by atoms with E-state index in [2.05, 4.69) is 74.5 Å². The summed E-state index contributed by atoms with van der Waals surface area (Å²) in [5.74, 6) is 0. The van der Waals surface area contributed by atoms with Crippen LogP contribution in [0.1, 0.15) is 31.4 Å². The van der Waals surface area contributed by atoms with Gasteiger partial charge in [-0.1, -0.05) is 0 Å². The van der Waals surface area contributed by atoms with E-state index in [1.807, 2.05) is 0 Å². The molecule has 0 amide bonds. The number of hydrogen-bond donors (Lipinski definition) is 0. The van der Waals surface area contributed by atoms with Gasteiger partial charge in [0, 0.05) is 0 Å². The Morgan fingerprint density at radius 2 is 1.05 bits per heavy atom. The van der Waals surface area contributed by atoms with Crippen molar-refractivity contribution in [3.63, 3.8) is 0 Å². The van der Waals surface area contributed by atoms with Crippen LogP contribution in [0, 0.1) is 0 Å². The van der Waals surface area contributed by atoms with Crippen molar-refractivity contribution in [3.05, 3.63) is 82.9 Å². The Bertz CT molecular complexity index is 604. The second-order valence-corrected chi connectivity index (χ2v) is 7.37. The molecule has 100 valence electrons. The maximum atomic E-state index is 2.29. The first-order chi connectivity index (χ1) is 9.75. The molecule has 1 heterocycles.